The van der Waals surface area contributed by atoms with Crippen LogP contribution >= 0.6 is 0 Å². The lowest BCUT2D eigenvalue weighted by atomic mass is 10.0. The molecule has 2 heterocycles. The van der Waals surface area contributed by atoms with Crippen LogP contribution in [0.15, 0.2) is 0 Å². The summed E-state index contributed by atoms with van der Waals surface area (Å²) in [4.78, 5) is 2.58. The lowest BCUT2D eigenvalue weighted by molar-refractivity contribution is 0.0652. The molecular weight excluding hydrogens is 200 g/mol. The normalized spacial score (nSPS) is 26.1. The molecule has 2 rings (SSSR count). The Morgan fingerprint density at radius 1 is 1.25 bits per heavy atom. The van der Waals surface area contributed by atoms with Crippen molar-refractivity contribution in [3.63, 3.8) is 0 Å². The van der Waals surface area contributed by atoms with Crippen LogP contribution in [0.4, 0.5) is 0 Å². The van der Waals surface area contributed by atoms with Crippen molar-refractivity contribution >= 4 is 0 Å². The highest BCUT2D eigenvalue weighted by molar-refractivity contribution is 4.74. The second kappa shape index (κ2) is 6.58. The topological polar surface area (TPSA) is 24.5 Å². The van der Waals surface area contributed by atoms with E-state index >= 15 is 0 Å². The van der Waals surface area contributed by atoms with E-state index in [1.165, 1.54) is 51.9 Å². The van der Waals surface area contributed by atoms with Crippen molar-refractivity contribution < 1.29 is 4.74 Å². The quantitative estimate of drug-likeness (QED) is 0.768. The second-order valence-corrected chi connectivity index (χ2v) is 5.37. The van der Waals surface area contributed by atoms with Crippen LogP contribution in [-0.4, -0.2) is 50.3 Å². The van der Waals surface area contributed by atoms with E-state index in [1.807, 2.05) is 0 Å². The van der Waals surface area contributed by atoms with E-state index in [2.05, 4.69) is 17.1 Å². The standard InChI is InChI=1S/C13H26N2O/c1-12(11-15-6-2-3-7-15)14-10-13-4-8-16-9-5-13/h12-14H,2-11H2,1H3. The van der Waals surface area contributed by atoms with Gasteiger partial charge in [0.25, 0.3) is 0 Å². The molecule has 1 unspecified atom stereocenters. The molecule has 0 aromatic rings. The Kier molecular flexibility index (Phi) is 5.07. The molecule has 0 aliphatic carbocycles. The summed E-state index contributed by atoms with van der Waals surface area (Å²) in [7, 11) is 0. The molecule has 1 atom stereocenters. The van der Waals surface area contributed by atoms with Crippen LogP contribution in [0.5, 0.6) is 0 Å². The van der Waals surface area contributed by atoms with Crippen molar-refractivity contribution in [2.75, 3.05) is 39.4 Å². The number of nitrogens with zero attached hydrogens (tertiary/aromatic N) is 1. The monoisotopic (exact) mass is 226 g/mol. The van der Waals surface area contributed by atoms with E-state index in [0.29, 0.717) is 6.04 Å². The fourth-order valence-electron chi connectivity index (χ4n) is 2.74. The molecule has 2 fully saturated rings. The van der Waals surface area contributed by atoms with E-state index in [9.17, 15) is 0 Å². The van der Waals surface area contributed by atoms with Gasteiger partial charge >= 0.3 is 0 Å². The van der Waals surface area contributed by atoms with Gasteiger partial charge in [-0.15, -0.1) is 0 Å². The van der Waals surface area contributed by atoms with Crippen LogP contribution in [0.2, 0.25) is 0 Å². The first-order chi connectivity index (χ1) is 7.84. The van der Waals surface area contributed by atoms with Crippen LogP contribution in [0, 0.1) is 5.92 Å². The Hall–Kier alpha value is -0.120. The third kappa shape index (κ3) is 4.04. The Morgan fingerprint density at radius 2 is 1.94 bits per heavy atom. The summed E-state index contributed by atoms with van der Waals surface area (Å²) in [6, 6.07) is 0.640. The first-order valence-electron chi connectivity index (χ1n) is 6.88. The molecule has 0 radical (unpaired) electrons. The molecule has 0 saturated carbocycles. The minimum absolute atomic E-state index is 0.640. The van der Waals surface area contributed by atoms with Gasteiger partial charge < -0.3 is 15.0 Å². The van der Waals surface area contributed by atoms with Crippen molar-refractivity contribution in [2.24, 2.45) is 5.92 Å². The summed E-state index contributed by atoms with van der Waals surface area (Å²) in [6.45, 7) is 9.27. The molecule has 2 aliphatic rings. The van der Waals surface area contributed by atoms with E-state index in [0.717, 1.165) is 19.1 Å². The summed E-state index contributed by atoms with van der Waals surface area (Å²) >= 11 is 0. The summed E-state index contributed by atoms with van der Waals surface area (Å²) in [5.74, 6) is 0.842. The van der Waals surface area contributed by atoms with Crippen molar-refractivity contribution in [1.29, 1.82) is 0 Å². The van der Waals surface area contributed by atoms with Gasteiger partial charge in [0.2, 0.25) is 0 Å². The van der Waals surface area contributed by atoms with Gasteiger partial charge in [-0.25, -0.2) is 0 Å². The molecule has 1 N–H and O–H groups in total. The molecule has 94 valence electrons. The fraction of sp³-hybridized carbons (Fsp3) is 1.00. The zero-order chi connectivity index (χ0) is 11.2. The van der Waals surface area contributed by atoms with E-state index in [4.69, 9.17) is 4.74 Å². The maximum absolute atomic E-state index is 5.38. The molecule has 2 saturated heterocycles. The van der Waals surface area contributed by atoms with E-state index < -0.39 is 0 Å². The zero-order valence-corrected chi connectivity index (χ0v) is 10.6. The zero-order valence-electron chi connectivity index (χ0n) is 10.6. The molecule has 16 heavy (non-hydrogen) atoms. The first-order valence-corrected chi connectivity index (χ1v) is 6.88. The van der Waals surface area contributed by atoms with Crippen molar-refractivity contribution in [1.82, 2.24) is 10.2 Å². The summed E-state index contributed by atoms with van der Waals surface area (Å²) in [5.41, 5.74) is 0. The van der Waals surface area contributed by atoms with Crippen LogP contribution in [-0.2, 0) is 4.74 Å². The Labute approximate surface area is 99.5 Å². The van der Waals surface area contributed by atoms with Crippen LogP contribution < -0.4 is 5.32 Å². The number of hydrogen-bond donors (Lipinski definition) is 1. The molecule has 0 bridgehead atoms. The van der Waals surface area contributed by atoms with Gasteiger partial charge in [0.1, 0.15) is 0 Å². The molecule has 3 heteroatoms. The third-order valence-corrected chi connectivity index (χ3v) is 3.83. The first kappa shape index (κ1) is 12.3. The minimum Gasteiger partial charge on any atom is -0.381 e. The number of likely N-dealkylation sites (tertiary alicyclic amines) is 1. The Balaban J connectivity index is 1.57. The Morgan fingerprint density at radius 3 is 2.62 bits per heavy atom. The summed E-state index contributed by atoms with van der Waals surface area (Å²) < 4.78 is 5.38. The van der Waals surface area contributed by atoms with Crippen molar-refractivity contribution in [2.45, 2.75) is 38.6 Å². The lowest BCUT2D eigenvalue weighted by Crippen LogP contribution is -2.40. The third-order valence-electron chi connectivity index (χ3n) is 3.83. The van der Waals surface area contributed by atoms with E-state index in [1.54, 1.807) is 0 Å². The highest BCUT2D eigenvalue weighted by Crippen LogP contribution is 2.13. The van der Waals surface area contributed by atoms with Crippen molar-refractivity contribution in [3.05, 3.63) is 0 Å². The molecule has 2 aliphatic heterocycles. The highest BCUT2D eigenvalue weighted by atomic mass is 16.5. The highest BCUT2D eigenvalue weighted by Gasteiger charge is 2.17. The minimum atomic E-state index is 0.640. The Bertz CT molecular complexity index is 186. The van der Waals surface area contributed by atoms with Gasteiger partial charge in [0.05, 0.1) is 0 Å². The number of nitrogens with one attached hydrogen (secondary N) is 1. The molecule has 3 nitrogen and oxygen atoms in total. The predicted octanol–water partition coefficient (Wildman–Crippen LogP) is 1.49. The maximum Gasteiger partial charge on any atom is 0.0469 e. The van der Waals surface area contributed by atoms with E-state index in [-0.39, 0.29) is 0 Å². The van der Waals surface area contributed by atoms with Crippen LogP contribution in [0.25, 0.3) is 0 Å². The molecular formula is C13H26N2O. The van der Waals surface area contributed by atoms with Gasteiger partial charge in [0, 0.05) is 25.8 Å². The van der Waals surface area contributed by atoms with Gasteiger partial charge in [-0.2, -0.15) is 0 Å². The van der Waals surface area contributed by atoms with Crippen LogP contribution in [0.1, 0.15) is 32.6 Å². The van der Waals surface area contributed by atoms with Gasteiger partial charge in [-0.1, -0.05) is 0 Å². The maximum atomic E-state index is 5.38. The molecule has 0 spiro atoms. The summed E-state index contributed by atoms with van der Waals surface area (Å²) in [5, 5.41) is 3.68. The number of ether oxygens (including phenoxy) is 1. The van der Waals surface area contributed by atoms with Crippen LogP contribution in [0.3, 0.4) is 0 Å². The van der Waals surface area contributed by atoms with Crippen molar-refractivity contribution in [3.8, 4) is 0 Å². The average Bonchev–Trinajstić information content (AvgIpc) is 2.81. The van der Waals surface area contributed by atoms with Gasteiger partial charge in [0.15, 0.2) is 0 Å². The SMILES string of the molecule is CC(CN1CCCC1)NCC1CCOCC1. The van der Waals surface area contributed by atoms with Gasteiger partial charge in [-0.3, -0.25) is 0 Å². The predicted molar refractivity (Wildman–Crippen MR) is 66.7 cm³/mol. The summed E-state index contributed by atoms with van der Waals surface area (Å²) in [6.07, 6.45) is 5.27. The smallest absolute Gasteiger partial charge is 0.0469 e. The average molecular weight is 226 g/mol. The molecule has 0 amide bonds. The largest absolute Gasteiger partial charge is 0.381 e. The number of hydrogen-bond acceptors (Lipinski definition) is 3. The lowest BCUT2D eigenvalue weighted by Gasteiger charge is -2.26. The molecule has 0 aromatic heterocycles. The second-order valence-electron chi connectivity index (χ2n) is 5.37. The molecule has 0 aromatic carbocycles. The van der Waals surface area contributed by atoms with Gasteiger partial charge in [-0.05, 0) is 58.2 Å². The number of rotatable bonds is 5. The fourth-order valence-corrected chi connectivity index (χ4v) is 2.74.